The lowest BCUT2D eigenvalue weighted by atomic mass is 10.1. The van der Waals surface area contributed by atoms with Crippen molar-refractivity contribution in [3.63, 3.8) is 0 Å². The maximum atomic E-state index is 11.4. The molecule has 0 bridgehead atoms. The predicted octanol–water partition coefficient (Wildman–Crippen LogP) is -1.23. The van der Waals surface area contributed by atoms with Crippen molar-refractivity contribution < 1.29 is 23.7 Å². The van der Waals surface area contributed by atoms with Gasteiger partial charge in [0.1, 0.15) is 6.04 Å². The number of carbonyl (C=O) groups is 3. The van der Waals surface area contributed by atoms with Crippen molar-refractivity contribution in [2.75, 3.05) is 18.1 Å². The monoisotopic (exact) mass is 293 g/mol. The van der Waals surface area contributed by atoms with Gasteiger partial charge in [-0.3, -0.25) is 9.00 Å². The zero-order chi connectivity index (χ0) is 14.8. The zero-order valence-corrected chi connectivity index (χ0v) is 11.5. The van der Waals surface area contributed by atoms with E-state index in [0.717, 1.165) is 0 Å². The van der Waals surface area contributed by atoms with Crippen molar-refractivity contribution in [1.29, 1.82) is 0 Å². The Kier molecular flexibility index (Phi) is 8.51. The van der Waals surface area contributed by atoms with E-state index in [0.29, 0.717) is 11.5 Å². The molecule has 0 aliphatic heterocycles. The van der Waals surface area contributed by atoms with E-state index >= 15 is 0 Å². The summed E-state index contributed by atoms with van der Waals surface area (Å²) in [4.78, 5) is 32.8. The van der Waals surface area contributed by atoms with Gasteiger partial charge in [-0.05, 0) is 6.42 Å². The summed E-state index contributed by atoms with van der Waals surface area (Å²) in [7, 11) is -0.994. The number of primary amides is 1. The largest absolute Gasteiger partial charge is 0.480 e. The van der Waals surface area contributed by atoms with Crippen LogP contribution in [0.15, 0.2) is 0 Å². The molecule has 0 aliphatic carbocycles. The number of carboxylic acids is 1. The topological polar surface area (TPSA) is 139 Å². The van der Waals surface area contributed by atoms with Gasteiger partial charge < -0.3 is 21.5 Å². The Hall–Kier alpha value is -1.64. The summed E-state index contributed by atoms with van der Waals surface area (Å²) < 4.78 is 11.1. The molecule has 19 heavy (non-hydrogen) atoms. The number of hydrogen-bond acceptors (Lipinski definition) is 4. The first-order valence-corrected chi connectivity index (χ1v) is 7.26. The van der Waals surface area contributed by atoms with Gasteiger partial charge in [-0.2, -0.15) is 0 Å². The van der Waals surface area contributed by atoms with E-state index in [1.807, 2.05) is 0 Å². The van der Waals surface area contributed by atoms with Gasteiger partial charge in [0, 0.05) is 35.3 Å². The molecule has 2 atom stereocenters. The summed E-state index contributed by atoms with van der Waals surface area (Å²) >= 11 is 0. The third-order valence-corrected chi connectivity index (χ3v) is 3.52. The summed E-state index contributed by atoms with van der Waals surface area (Å²) in [5.74, 6) is -1.07. The highest BCUT2D eigenvalue weighted by Gasteiger charge is 2.20. The van der Waals surface area contributed by atoms with Crippen LogP contribution >= 0.6 is 0 Å². The molecule has 0 saturated heterocycles. The number of aliphatic carboxylic acids is 1. The number of rotatable bonds is 9. The lowest BCUT2D eigenvalue weighted by Gasteiger charge is -2.14. The first-order chi connectivity index (χ1) is 8.86. The molecule has 0 aromatic rings. The number of carboxylic acid groups (broad SMARTS) is 1. The van der Waals surface area contributed by atoms with Gasteiger partial charge in [0.25, 0.3) is 0 Å². The van der Waals surface area contributed by atoms with E-state index in [-0.39, 0.29) is 19.4 Å². The zero-order valence-electron chi connectivity index (χ0n) is 10.7. The highest BCUT2D eigenvalue weighted by atomic mass is 32.2. The normalized spacial score (nSPS) is 13.3. The molecule has 0 spiro atoms. The molecular weight excluding hydrogens is 274 g/mol. The van der Waals surface area contributed by atoms with Crippen LogP contribution in [0.5, 0.6) is 0 Å². The standard InChI is InChI=1S/C10H19N3O5S/c1-2-19(18)6-5-12-10(17)13-7(9(15)16)3-4-8(11)14/h7H,2-6H2,1H3,(H2,11,14)(H,15,16)(H2,12,13,17)/t7-,19?/m1/s1. The van der Waals surface area contributed by atoms with E-state index in [9.17, 15) is 18.6 Å². The van der Waals surface area contributed by atoms with Crippen LogP contribution in [0.3, 0.4) is 0 Å². The molecule has 0 rings (SSSR count). The third kappa shape index (κ3) is 9.00. The Balaban J connectivity index is 4.06. The maximum absolute atomic E-state index is 11.4. The molecule has 0 fully saturated rings. The van der Waals surface area contributed by atoms with Crippen molar-refractivity contribution in [3.8, 4) is 0 Å². The number of hydrogen-bond donors (Lipinski definition) is 4. The molecule has 0 aromatic heterocycles. The molecule has 0 saturated carbocycles. The Labute approximate surface area is 113 Å². The van der Waals surface area contributed by atoms with Crippen LogP contribution in [0.1, 0.15) is 19.8 Å². The molecule has 0 heterocycles. The van der Waals surface area contributed by atoms with E-state index in [1.54, 1.807) is 6.92 Å². The van der Waals surface area contributed by atoms with Crippen molar-refractivity contribution in [3.05, 3.63) is 0 Å². The van der Waals surface area contributed by atoms with Gasteiger partial charge in [-0.15, -0.1) is 0 Å². The summed E-state index contributed by atoms with van der Waals surface area (Å²) in [6.07, 6.45) is -0.198. The molecule has 0 radical (unpaired) electrons. The Morgan fingerprint density at radius 2 is 2.00 bits per heavy atom. The lowest BCUT2D eigenvalue weighted by Crippen LogP contribution is -2.47. The van der Waals surface area contributed by atoms with Crippen LogP contribution in [-0.2, 0) is 20.4 Å². The fourth-order valence-electron chi connectivity index (χ4n) is 1.18. The average Bonchev–Trinajstić information content (AvgIpc) is 2.33. The predicted molar refractivity (Wildman–Crippen MR) is 69.9 cm³/mol. The van der Waals surface area contributed by atoms with E-state index in [2.05, 4.69) is 10.6 Å². The summed E-state index contributed by atoms with van der Waals surface area (Å²) in [6.45, 7) is 1.95. The van der Waals surface area contributed by atoms with Crippen LogP contribution in [0, 0.1) is 0 Å². The van der Waals surface area contributed by atoms with Gasteiger partial charge in [0.2, 0.25) is 5.91 Å². The Bertz CT molecular complexity index is 361. The van der Waals surface area contributed by atoms with Crippen molar-refractivity contribution in [2.45, 2.75) is 25.8 Å². The minimum atomic E-state index is -1.24. The third-order valence-electron chi connectivity index (χ3n) is 2.22. The summed E-state index contributed by atoms with van der Waals surface area (Å²) in [5, 5.41) is 13.4. The SMILES string of the molecule is CCS(=O)CCNC(=O)N[C@H](CCC(N)=O)C(=O)O. The highest BCUT2D eigenvalue weighted by molar-refractivity contribution is 7.84. The lowest BCUT2D eigenvalue weighted by molar-refractivity contribution is -0.139. The number of nitrogens with one attached hydrogen (secondary N) is 2. The van der Waals surface area contributed by atoms with E-state index in [4.69, 9.17) is 10.8 Å². The highest BCUT2D eigenvalue weighted by Crippen LogP contribution is 1.97. The molecule has 9 heteroatoms. The molecule has 3 amide bonds. The minimum Gasteiger partial charge on any atom is -0.480 e. The average molecular weight is 293 g/mol. The van der Waals surface area contributed by atoms with Crippen LogP contribution in [0.4, 0.5) is 4.79 Å². The molecule has 8 nitrogen and oxygen atoms in total. The molecule has 1 unspecified atom stereocenters. The fraction of sp³-hybridized carbons (Fsp3) is 0.700. The van der Waals surface area contributed by atoms with Gasteiger partial charge in [-0.1, -0.05) is 6.92 Å². The molecule has 0 aliphatic rings. The summed E-state index contributed by atoms with van der Waals surface area (Å²) in [5.41, 5.74) is 4.91. The van der Waals surface area contributed by atoms with E-state index < -0.39 is 34.7 Å². The van der Waals surface area contributed by atoms with Crippen molar-refractivity contribution >= 4 is 28.7 Å². The fourth-order valence-corrected chi connectivity index (χ4v) is 1.79. The van der Waals surface area contributed by atoms with Gasteiger partial charge >= 0.3 is 12.0 Å². The molecule has 110 valence electrons. The van der Waals surface area contributed by atoms with Crippen LogP contribution in [-0.4, -0.2) is 51.3 Å². The summed E-state index contributed by atoms with van der Waals surface area (Å²) in [6, 6.07) is -1.85. The Morgan fingerprint density at radius 1 is 1.37 bits per heavy atom. The first kappa shape index (κ1) is 17.4. The van der Waals surface area contributed by atoms with Crippen LogP contribution in [0.25, 0.3) is 0 Å². The smallest absolute Gasteiger partial charge is 0.326 e. The quantitative estimate of drug-likeness (QED) is 0.422. The maximum Gasteiger partial charge on any atom is 0.326 e. The molecule has 0 aromatic carbocycles. The molecule has 5 N–H and O–H groups in total. The van der Waals surface area contributed by atoms with E-state index in [1.165, 1.54) is 0 Å². The van der Waals surface area contributed by atoms with Crippen molar-refractivity contribution in [2.24, 2.45) is 5.73 Å². The minimum absolute atomic E-state index is 0.0705. The second-order valence-electron chi connectivity index (χ2n) is 3.73. The number of amides is 3. The Morgan fingerprint density at radius 3 is 2.47 bits per heavy atom. The van der Waals surface area contributed by atoms with Gasteiger partial charge in [-0.25, -0.2) is 9.59 Å². The van der Waals surface area contributed by atoms with Gasteiger partial charge in [0.05, 0.1) is 0 Å². The first-order valence-electron chi connectivity index (χ1n) is 5.77. The van der Waals surface area contributed by atoms with Crippen LogP contribution in [0.2, 0.25) is 0 Å². The van der Waals surface area contributed by atoms with Crippen molar-refractivity contribution in [1.82, 2.24) is 10.6 Å². The number of carbonyl (C=O) groups excluding carboxylic acids is 2. The second-order valence-corrected chi connectivity index (χ2v) is 5.59. The number of urea groups is 1. The van der Waals surface area contributed by atoms with Crippen LogP contribution < -0.4 is 16.4 Å². The second kappa shape index (κ2) is 9.31. The molecular formula is C10H19N3O5S. The van der Waals surface area contributed by atoms with Gasteiger partial charge in [0.15, 0.2) is 0 Å². The number of nitrogens with two attached hydrogens (primary N) is 1.